The molecule has 156 valence electrons. The maximum atomic E-state index is 9.59. The molecule has 0 saturated heterocycles. The van der Waals surface area contributed by atoms with E-state index in [1.54, 1.807) is 23.1 Å². The Balaban J connectivity index is 1.72. The number of aryl methyl sites for hydroxylation is 2. The van der Waals surface area contributed by atoms with Crippen molar-refractivity contribution < 1.29 is 14.8 Å². The molecule has 1 aliphatic heterocycles. The van der Waals surface area contributed by atoms with Crippen LogP contribution in [0.4, 0.5) is 5.69 Å². The van der Waals surface area contributed by atoms with Crippen LogP contribution in [0.2, 0.25) is 0 Å². The maximum absolute atomic E-state index is 9.59. The number of benzene rings is 2. The van der Waals surface area contributed by atoms with Crippen LogP contribution in [0, 0.1) is 13.8 Å². The molecule has 0 saturated carbocycles. The van der Waals surface area contributed by atoms with E-state index in [1.165, 1.54) is 31.9 Å². The Morgan fingerprint density at radius 2 is 1.83 bits per heavy atom. The number of β-amino-alcohol motifs (C(OH)–C–C–N with tert-alkyl or cyclic N) is 1. The molecule has 3 aromatic rings. The van der Waals surface area contributed by atoms with Crippen molar-refractivity contribution in [1.29, 1.82) is 0 Å². The van der Waals surface area contributed by atoms with Gasteiger partial charge in [-0.2, -0.15) is 4.57 Å². The van der Waals surface area contributed by atoms with Crippen LogP contribution in [0.15, 0.2) is 58.0 Å². The molecule has 1 aromatic heterocycles. The number of fused-ring (bicyclic) bond motifs is 2. The first-order chi connectivity index (χ1) is 14.5. The largest absolute Gasteiger partial charge is 0.395 e. The molecule has 2 N–H and O–H groups in total. The summed E-state index contributed by atoms with van der Waals surface area (Å²) in [6, 6.07) is 12.9. The lowest BCUT2D eigenvalue weighted by Gasteiger charge is -2.19. The molecule has 0 atom stereocenters. The number of aliphatic hydroxyl groups excluding tert-OH is 2. The Bertz CT molecular complexity index is 1150. The lowest BCUT2D eigenvalue weighted by atomic mass is 10.2. The number of aromatic nitrogens is 1. The predicted octanol–water partition coefficient (Wildman–Crippen LogP) is 4.65. The summed E-state index contributed by atoms with van der Waals surface area (Å²) in [5, 5.41) is 21.4. The average Bonchev–Trinajstić information content (AvgIpc) is 3.20. The molecule has 0 aliphatic carbocycles. The molecule has 4 rings (SSSR count). The Kier molecular flexibility index (Phi) is 6.29. The minimum absolute atomic E-state index is 0.111. The van der Waals surface area contributed by atoms with Gasteiger partial charge in [0.05, 0.1) is 17.3 Å². The van der Waals surface area contributed by atoms with Crippen molar-refractivity contribution in [3.8, 4) is 0 Å². The van der Waals surface area contributed by atoms with Gasteiger partial charge >= 0.3 is 0 Å². The number of hydrogen-bond acceptors (Lipinski definition) is 5. The molecule has 30 heavy (non-hydrogen) atoms. The van der Waals surface area contributed by atoms with Crippen LogP contribution >= 0.6 is 23.1 Å². The smallest absolute Gasteiger partial charge is 0.263 e. The first-order valence-electron chi connectivity index (χ1n) is 10.1. The summed E-state index contributed by atoms with van der Waals surface area (Å²) in [5.74, 6) is 0. The number of thiazole rings is 1. The topological polar surface area (TPSA) is 47.6 Å². The van der Waals surface area contributed by atoms with Gasteiger partial charge < -0.3 is 15.1 Å². The van der Waals surface area contributed by atoms with Gasteiger partial charge in [0.15, 0.2) is 6.54 Å². The van der Waals surface area contributed by atoms with Crippen molar-refractivity contribution in [2.45, 2.75) is 32.2 Å². The highest BCUT2D eigenvalue weighted by molar-refractivity contribution is 8.03. The number of hydrogen-bond donors (Lipinski definition) is 2. The molecule has 2 heterocycles. The maximum Gasteiger partial charge on any atom is 0.263 e. The van der Waals surface area contributed by atoms with Gasteiger partial charge in [0.25, 0.3) is 5.01 Å². The van der Waals surface area contributed by atoms with Gasteiger partial charge in [-0.1, -0.05) is 35.2 Å². The lowest BCUT2D eigenvalue weighted by molar-refractivity contribution is -0.670. The first kappa shape index (κ1) is 21.1. The number of nitrogens with zero attached hydrogens (tertiary/aromatic N) is 2. The molecule has 4 nitrogen and oxygen atoms in total. The second-order valence-corrected chi connectivity index (χ2v) is 9.73. The molecule has 0 fully saturated rings. The summed E-state index contributed by atoms with van der Waals surface area (Å²) in [4.78, 5) is 3.42. The Morgan fingerprint density at radius 3 is 2.60 bits per heavy atom. The molecule has 2 aromatic carbocycles. The number of anilines is 1. The summed E-state index contributed by atoms with van der Waals surface area (Å²) in [6.07, 6.45) is 4.38. The molecular formula is C24H27N2O2S2+. The summed E-state index contributed by atoms with van der Waals surface area (Å²) in [7, 11) is 0. The number of rotatable bonds is 6. The second-order valence-electron chi connectivity index (χ2n) is 7.61. The van der Waals surface area contributed by atoms with Crippen LogP contribution in [0.5, 0.6) is 0 Å². The van der Waals surface area contributed by atoms with E-state index in [4.69, 9.17) is 0 Å². The minimum Gasteiger partial charge on any atom is -0.395 e. The second kappa shape index (κ2) is 8.94. The van der Waals surface area contributed by atoms with Crippen LogP contribution in [-0.4, -0.2) is 30.0 Å². The van der Waals surface area contributed by atoms with Crippen LogP contribution in [0.25, 0.3) is 16.3 Å². The average molecular weight is 440 g/mol. The molecular weight excluding hydrogens is 412 g/mol. The van der Waals surface area contributed by atoms with E-state index < -0.39 is 0 Å². The standard InChI is InChI=1S/C24H27N2O2S2/c1-16-4-6-21-19(12-16)25(8-10-27)23(29-21)14-18(3)15-24-26(9-11-28)20-13-17(2)5-7-22(20)30-24/h4-7,12-15,27-28H,8-11H2,1-3H3/q+1. The highest BCUT2D eigenvalue weighted by Gasteiger charge is 2.25. The predicted molar refractivity (Wildman–Crippen MR) is 127 cm³/mol. The van der Waals surface area contributed by atoms with Crippen molar-refractivity contribution >= 4 is 45.1 Å². The van der Waals surface area contributed by atoms with E-state index in [0.29, 0.717) is 13.1 Å². The third-order valence-corrected chi connectivity index (χ3v) is 7.35. The van der Waals surface area contributed by atoms with Gasteiger partial charge in [0, 0.05) is 23.6 Å². The number of allylic oxidation sites excluding steroid dienone is 2. The van der Waals surface area contributed by atoms with Gasteiger partial charge in [0.2, 0.25) is 5.52 Å². The zero-order valence-corrected chi connectivity index (χ0v) is 19.2. The quantitative estimate of drug-likeness (QED) is 0.549. The third kappa shape index (κ3) is 4.18. The molecule has 6 heteroatoms. The van der Waals surface area contributed by atoms with Crippen molar-refractivity contribution in [2.24, 2.45) is 0 Å². The van der Waals surface area contributed by atoms with Gasteiger partial charge in [-0.25, -0.2) is 0 Å². The first-order valence-corrected chi connectivity index (χ1v) is 11.7. The number of thioether (sulfide) groups is 1. The molecule has 0 amide bonds. The summed E-state index contributed by atoms with van der Waals surface area (Å²) >= 11 is 3.49. The zero-order chi connectivity index (χ0) is 21.3. The molecule has 0 bridgehead atoms. The van der Waals surface area contributed by atoms with E-state index in [0.717, 1.165) is 15.6 Å². The Labute approximate surface area is 185 Å². The van der Waals surface area contributed by atoms with E-state index in [1.807, 2.05) is 0 Å². The minimum atomic E-state index is 0.111. The van der Waals surface area contributed by atoms with Crippen molar-refractivity contribution in [1.82, 2.24) is 0 Å². The molecule has 0 unspecified atom stereocenters. The van der Waals surface area contributed by atoms with E-state index in [-0.39, 0.29) is 13.2 Å². The van der Waals surface area contributed by atoms with Gasteiger partial charge in [-0.3, -0.25) is 0 Å². The third-order valence-electron chi connectivity index (χ3n) is 5.12. The summed E-state index contributed by atoms with van der Waals surface area (Å²) in [6.45, 7) is 7.68. The van der Waals surface area contributed by atoms with Crippen LogP contribution in [0.3, 0.4) is 0 Å². The fourth-order valence-electron chi connectivity index (χ4n) is 3.73. The molecule has 0 radical (unpaired) electrons. The molecule has 0 spiro atoms. The van der Waals surface area contributed by atoms with Crippen LogP contribution < -0.4 is 9.47 Å². The van der Waals surface area contributed by atoms with Crippen molar-refractivity contribution in [3.63, 3.8) is 0 Å². The number of aliphatic hydroxyl groups is 2. The monoisotopic (exact) mass is 439 g/mol. The van der Waals surface area contributed by atoms with Crippen LogP contribution in [0.1, 0.15) is 23.1 Å². The Morgan fingerprint density at radius 1 is 1.07 bits per heavy atom. The van der Waals surface area contributed by atoms with E-state index in [9.17, 15) is 10.2 Å². The lowest BCUT2D eigenvalue weighted by Crippen LogP contribution is -2.36. The van der Waals surface area contributed by atoms with Gasteiger partial charge in [-0.15, -0.1) is 0 Å². The van der Waals surface area contributed by atoms with Crippen molar-refractivity contribution in [2.75, 3.05) is 24.7 Å². The highest BCUT2D eigenvalue weighted by atomic mass is 32.2. The Hall–Kier alpha value is -2.12. The fraction of sp³-hybridized carbons (Fsp3) is 0.292. The summed E-state index contributed by atoms with van der Waals surface area (Å²) in [5.41, 5.74) is 5.91. The van der Waals surface area contributed by atoms with Gasteiger partial charge in [-0.05, 0) is 61.7 Å². The van der Waals surface area contributed by atoms with E-state index >= 15 is 0 Å². The van der Waals surface area contributed by atoms with Gasteiger partial charge in [0.1, 0.15) is 11.3 Å². The summed E-state index contributed by atoms with van der Waals surface area (Å²) < 4.78 is 3.42. The highest BCUT2D eigenvalue weighted by Crippen LogP contribution is 2.46. The van der Waals surface area contributed by atoms with E-state index in [2.05, 4.69) is 78.8 Å². The SMILES string of the molecule is CC(=Cc1sc2ccc(C)cc2[n+]1CCO)C=C1Sc2ccc(C)cc2N1CCO. The van der Waals surface area contributed by atoms with Crippen LogP contribution in [-0.2, 0) is 6.54 Å². The molecule has 1 aliphatic rings. The zero-order valence-electron chi connectivity index (χ0n) is 17.6. The normalized spacial score (nSPS) is 15.4. The van der Waals surface area contributed by atoms with Crippen molar-refractivity contribution in [3.05, 3.63) is 69.2 Å². The fourth-order valence-corrected chi connectivity index (χ4v) is 6.09.